The molecule has 0 spiro atoms. The molecule has 0 aliphatic carbocycles. The van der Waals surface area contributed by atoms with Gasteiger partial charge >= 0.3 is 6.18 Å². The van der Waals surface area contributed by atoms with Crippen LogP contribution < -0.4 is 11.1 Å². The molecule has 0 radical (unpaired) electrons. The number of nitrogens with two attached hydrogens (primary N) is 2. The van der Waals surface area contributed by atoms with Crippen LogP contribution in [0.5, 0.6) is 0 Å². The van der Waals surface area contributed by atoms with E-state index in [1.54, 1.807) is 30.5 Å². The second-order valence-corrected chi connectivity index (χ2v) is 7.47. The van der Waals surface area contributed by atoms with Crippen LogP contribution >= 0.6 is 0 Å². The third-order valence-corrected chi connectivity index (χ3v) is 5.28. The number of nitrogens with zero attached hydrogens (tertiary/aromatic N) is 6. The Morgan fingerprint density at radius 2 is 1.97 bits per heavy atom. The van der Waals surface area contributed by atoms with Crippen LogP contribution in [-0.2, 0) is 6.18 Å². The number of rotatable bonds is 7. The minimum absolute atomic E-state index is 0.0125. The van der Waals surface area contributed by atoms with Gasteiger partial charge in [0.25, 0.3) is 12.2 Å². The maximum atomic E-state index is 14.2. The third kappa shape index (κ3) is 4.78. The fourth-order valence-electron chi connectivity index (χ4n) is 3.63. The van der Waals surface area contributed by atoms with E-state index in [2.05, 4.69) is 30.3 Å². The molecule has 0 aliphatic rings. The van der Waals surface area contributed by atoms with Crippen molar-refractivity contribution in [1.82, 2.24) is 29.9 Å². The van der Waals surface area contributed by atoms with Crippen LogP contribution in [0.4, 0.5) is 17.6 Å². The van der Waals surface area contributed by atoms with Crippen LogP contribution in [0, 0.1) is 5.82 Å². The molecule has 0 amide bonds. The zero-order valence-electron chi connectivity index (χ0n) is 18.3. The van der Waals surface area contributed by atoms with Gasteiger partial charge in [0.05, 0.1) is 11.9 Å². The van der Waals surface area contributed by atoms with E-state index in [1.807, 2.05) is 6.92 Å². The van der Waals surface area contributed by atoms with Gasteiger partial charge in [-0.2, -0.15) is 13.2 Å². The van der Waals surface area contributed by atoms with Crippen LogP contribution in [0.2, 0.25) is 0 Å². The van der Waals surface area contributed by atoms with Crippen LogP contribution in [0.1, 0.15) is 42.2 Å². The molecule has 4 rings (SSSR count). The van der Waals surface area contributed by atoms with E-state index in [-0.39, 0.29) is 23.0 Å². The molecular weight excluding hydrogens is 466 g/mol. The highest BCUT2D eigenvalue weighted by Crippen LogP contribution is 2.33. The highest BCUT2D eigenvalue weighted by atomic mass is 19.4. The molecule has 0 aliphatic heterocycles. The van der Waals surface area contributed by atoms with E-state index >= 15 is 0 Å². The number of aliphatic imine (C=N–C) groups is 1. The van der Waals surface area contributed by atoms with Crippen molar-refractivity contribution in [2.75, 3.05) is 0 Å². The van der Waals surface area contributed by atoms with Crippen molar-refractivity contribution >= 4 is 12.2 Å². The van der Waals surface area contributed by atoms with Gasteiger partial charge in [0.15, 0.2) is 0 Å². The van der Waals surface area contributed by atoms with Crippen molar-refractivity contribution in [2.45, 2.75) is 25.4 Å². The summed E-state index contributed by atoms with van der Waals surface area (Å²) in [6.45, 7) is 1.92. The number of benzene rings is 1. The van der Waals surface area contributed by atoms with Crippen molar-refractivity contribution in [1.29, 1.82) is 0 Å². The smallest absolute Gasteiger partial charge is 0.361 e. The van der Waals surface area contributed by atoms with E-state index in [4.69, 9.17) is 11.1 Å². The quantitative estimate of drug-likeness (QED) is 0.209. The molecule has 9 nitrogen and oxygen atoms in total. The molecule has 1 atom stereocenters. The fraction of sp³-hybridized carbons (Fsp3) is 0.182. The number of hydrogen-bond acceptors (Lipinski definition) is 4. The number of hydrogen-bond donors (Lipinski definition) is 3. The van der Waals surface area contributed by atoms with E-state index < -0.39 is 17.8 Å². The van der Waals surface area contributed by atoms with Crippen molar-refractivity contribution < 1.29 is 23.0 Å². The number of H-pyrrole nitrogens is 1. The molecule has 5 N–H and O–H groups in total. The maximum Gasteiger partial charge on any atom is 0.451 e. The predicted octanol–water partition coefficient (Wildman–Crippen LogP) is 2.24. The summed E-state index contributed by atoms with van der Waals surface area (Å²) in [4.78, 5) is 13.9. The highest BCUT2D eigenvalue weighted by molar-refractivity contribution is 6.04. The molecule has 4 aromatic rings. The number of amidine groups is 1. The molecule has 0 bridgehead atoms. The molecule has 3 aromatic heterocycles. The molecule has 1 aromatic carbocycles. The number of aromatic nitrogens is 6. The first-order chi connectivity index (χ1) is 16.7. The van der Waals surface area contributed by atoms with Gasteiger partial charge in [0.1, 0.15) is 17.2 Å². The highest BCUT2D eigenvalue weighted by Gasteiger charge is 2.34. The summed E-state index contributed by atoms with van der Waals surface area (Å²) < 4.78 is 54.2. The van der Waals surface area contributed by atoms with E-state index in [0.717, 1.165) is 18.7 Å². The molecule has 180 valence electrons. The molecule has 3 heterocycles. The maximum absolute atomic E-state index is 14.2. The van der Waals surface area contributed by atoms with Gasteiger partial charge in [-0.3, -0.25) is 5.41 Å². The Balaban J connectivity index is 1.76. The van der Waals surface area contributed by atoms with Gasteiger partial charge < -0.3 is 10.7 Å². The van der Waals surface area contributed by atoms with E-state index in [1.165, 1.54) is 10.7 Å². The summed E-state index contributed by atoms with van der Waals surface area (Å²) in [5, 5.41) is 13.6. The van der Waals surface area contributed by atoms with E-state index in [0.29, 0.717) is 29.1 Å². The van der Waals surface area contributed by atoms with Gasteiger partial charge in [-0.05, 0) is 29.6 Å². The summed E-state index contributed by atoms with van der Waals surface area (Å²) in [5.41, 5.74) is 8.50. The zero-order valence-corrected chi connectivity index (χ0v) is 18.3. The van der Waals surface area contributed by atoms with Crippen LogP contribution in [-0.4, -0.2) is 42.1 Å². The first kappa shape index (κ1) is 23.7. The summed E-state index contributed by atoms with van der Waals surface area (Å²) >= 11 is 0. The number of aromatic amines is 1. The van der Waals surface area contributed by atoms with Crippen molar-refractivity contribution in [3.63, 3.8) is 0 Å². The molecular formula is C22H20F4N9+. The van der Waals surface area contributed by atoms with Crippen molar-refractivity contribution in [3.05, 3.63) is 77.6 Å². The summed E-state index contributed by atoms with van der Waals surface area (Å²) in [6, 6.07) is 7.86. The first-order valence-electron chi connectivity index (χ1n) is 10.4. The predicted molar refractivity (Wildman–Crippen MR) is 119 cm³/mol. The Morgan fingerprint density at radius 3 is 2.60 bits per heavy atom. The monoisotopic (exact) mass is 486 g/mol. The van der Waals surface area contributed by atoms with Crippen molar-refractivity contribution in [2.24, 2.45) is 10.7 Å². The average Bonchev–Trinajstić information content (AvgIpc) is 3.48. The summed E-state index contributed by atoms with van der Waals surface area (Å²) in [7, 11) is 0. The number of alkyl halides is 3. The normalized spacial score (nSPS) is 13.1. The zero-order chi connectivity index (χ0) is 25.2. The second-order valence-electron chi connectivity index (χ2n) is 7.47. The van der Waals surface area contributed by atoms with Gasteiger partial charge in [-0.15, -0.1) is 5.10 Å². The minimum atomic E-state index is -4.67. The Bertz CT molecular complexity index is 1370. The number of halogens is 4. The first-order valence-corrected chi connectivity index (χ1v) is 10.4. The Morgan fingerprint density at radius 1 is 1.26 bits per heavy atom. The summed E-state index contributed by atoms with van der Waals surface area (Å²) in [5.74, 6) is -2.02. The molecule has 1 unspecified atom stereocenters. The number of nitrogens with one attached hydrogen (secondary N) is 1. The standard InChI is InChI=1S/C22H19F4N9/c1-2-13(17-10-35(34-33-17)18-6-4-3-5-15(18)23)16-7-14(19(32-16)20(28)31-11-27)12-8-29-21(30-9-12)22(24,25)26/h3-11,13,32H,2H2,1H3,(H3,27,28,31)/p+1. The lowest BCUT2D eigenvalue weighted by molar-refractivity contribution is -0.145. The Kier molecular flexibility index (Phi) is 6.40. The Hall–Kier alpha value is -4.42. The van der Waals surface area contributed by atoms with Crippen LogP contribution in [0.15, 0.2) is 53.9 Å². The Labute approximate surface area is 196 Å². The lowest BCUT2D eigenvalue weighted by Crippen LogP contribution is -2.30. The summed E-state index contributed by atoms with van der Waals surface area (Å²) in [6.07, 6.45) is 0.623. The third-order valence-electron chi connectivity index (χ3n) is 5.28. The second kappa shape index (κ2) is 9.44. The van der Waals surface area contributed by atoms with Crippen molar-refractivity contribution in [3.8, 4) is 16.8 Å². The van der Waals surface area contributed by atoms with Gasteiger partial charge in [-0.1, -0.05) is 24.3 Å². The molecule has 0 saturated heterocycles. The minimum Gasteiger partial charge on any atom is -0.361 e. The largest absolute Gasteiger partial charge is 0.451 e. The topological polar surface area (TPSA) is 136 Å². The van der Waals surface area contributed by atoms with Crippen LogP contribution in [0.25, 0.3) is 16.8 Å². The number of para-hydroxylation sites is 1. The van der Waals surface area contributed by atoms with Gasteiger partial charge in [0.2, 0.25) is 5.82 Å². The lowest BCUT2D eigenvalue weighted by Gasteiger charge is -2.09. The SMILES string of the molecule is CCC(c1cn(-c2ccccc2F)nn1)c1cc(-c2cnc(C(F)(F)F)nc2)c(C(N)=NC=[NH2+])[nH]1. The molecule has 35 heavy (non-hydrogen) atoms. The van der Waals surface area contributed by atoms with Gasteiger partial charge in [-0.25, -0.2) is 19.0 Å². The van der Waals surface area contributed by atoms with Crippen LogP contribution in [0.3, 0.4) is 0 Å². The van der Waals surface area contributed by atoms with E-state index in [9.17, 15) is 17.6 Å². The molecule has 13 heteroatoms. The fourth-order valence-corrected chi connectivity index (χ4v) is 3.63. The lowest BCUT2D eigenvalue weighted by atomic mass is 9.98. The molecule has 0 fully saturated rings. The van der Waals surface area contributed by atoms with Gasteiger partial charge in [0, 0.05) is 35.1 Å². The molecule has 0 saturated carbocycles. The average molecular weight is 486 g/mol.